The number of rotatable bonds is 4. The summed E-state index contributed by atoms with van der Waals surface area (Å²) >= 11 is -2.41. The van der Waals surface area contributed by atoms with E-state index >= 15 is 0 Å². The molecule has 0 aromatic heterocycles. The molecule has 5 nitrogen and oxygen atoms in total. The summed E-state index contributed by atoms with van der Waals surface area (Å²) < 4.78 is 68.9. The van der Waals surface area contributed by atoms with E-state index in [-0.39, 0.29) is 6.54 Å². The zero-order chi connectivity index (χ0) is 11.6. The molecule has 1 N–H and O–H groups in total. The van der Waals surface area contributed by atoms with Crippen molar-refractivity contribution in [1.82, 2.24) is 8.43 Å². The van der Waals surface area contributed by atoms with Crippen LogP contribution in [0, 0.1) is 0 Å². The van der Waals surface area contributed by atoms with Crippen molar-refractivity contribution in [2.24, 2.45) is 0 Å². The Morgan fingerprint density at radius 3 is 2.14 bits per heavy atom. The molecule has 0 spiro atoms. The molecule has 0 radical (unpaired) electrons. The molecule has 0 aromatic rings. The smallest absolute Gasteiger partial charge is 0.224 e. The normalized spacial score (nSPS) is 15.9. The maximum Gasteiger partial charge on any atom is 0.512 e. The molecule has 1 atom stereocenters. The van der Waals surface area contributed by atoms with Crippen molar-refractivity contribution in [3.63, 3.8) is 0 Å². The van der Waals surface area contributed by atoms with Crippen LogP contribution in [0.3, 0.4) is 0 Å². The number of sulfonamides is 1. The first-order valence-corrected chi connectivity index (χ1v) is 5.92. The van der Waals surface area contributed by atoms with Gasteiger partial charge in [-0.2, -0.15) is 13.2 Å². The first kappa shape index (κ1) is 13.8. The van der Waals surface area contributed by atoms with E-state index in [2.05, 4.69) is 0 Å². The molecule has 0 saturated heterocycles. The number of nitrogens with zero attached hydrogens (tertiary/aromatic N) is 1. The number of halogens is 3. The molecule has 0 bridgehead atoms. The highest BCUT2D eigenvalue weighted by Gasteiger charge is 2.47. The minimum Gasteiger partial charge on any atom is -0.224 e. The second kappa shape index (κ2) is 4.55. The standard InChI is InChI=1S/C4H9F3N2O3S2/c1-3-9(2)13(10)8-14(11,12)4(5,6)7/h8H,3H2,1-2H3. The molecule has 0 amide bonds. The average molecular weight is 254 g/mol. The Balaban J connectivity index is 4.63. The lowest BCUT2D eigenvalue weighted by molar-refractivity contribution is -0.0441. The maximum atomic E-state index is 11.8. The van der Waals surface area contributed by atoms with Gasteiger partial charge >= 0.3 is 15.5 Å². The lowest BCUT2D eigenvalue weighted by Gasteiger charge is -2.14. The predicted octanol–water partition coefficient (Wildman–Crippen LogP) is -0.0440. The number of hydrogen-bond acceptors (Lipinski definition) is 3. The van der Waals surface area contributed by atoms with Crippen LogP contribution >= 0.6 is 0 Å². The monoisotopic (exact) mass is 254 g/mol. The van der Waals surface area contributed by atoms with Crippen LogP contribution < -0.4 is 4.13 Å². The van der Waals surface area contributed by atoms with E-state index in [0.717, 1.165) is 8.43 Å². The number of nitrogens with one attached hydrogen (secondary N) is 1. The minimum atomic E-state index is -5.54. The van der Waals surface area contributed by atoms with Gasteiger partial charge in [-0.25, -0.2) is 16.9 Å². The molecule has 0 aliphatic rings. The highest BCUT2D eigenvalue weighted by Crippen LogP contribution is 2.21. The minimum absolute atomic E-state index is 0.146. The fourth-order valence-corrected chi connectivity index (χ4v) is 2.19. The van der Waals surface area contributed by atoms with Gasteiger partial charge in [-0.1, -0.05) is 6.92 Å². The summed E-state index contributed by atoms with van der Waals surface area (Å²) in [5.41, 5.74) is -5.45. The van der Waals surface area contributed by atoms with Crippen molar-refractivity contribution in [1.29, 1.82) is 0 Å². The molecule has 0 aromatic carbocycles. The van der Waals surface area contributed by atoms with E-state index in [1.54, 1.807) is 0 Å². The molecule has 0 aliphatic carbocycles. The predicted molar refractivity (Wildman–Crippen MR) is 44.6 cm³/mol. The van der Waals surface area contributed by atoms with Gasteiger partial charge in [-0.3, -0.25) is 0 Å². The Labute approximate surface area is 82.0 Å². The Hall–Kier alpha value is -0.190. The van der Waals surface area contributed by atoms with Crippen LogP contribution in [0.1, 0.15) is 6.92 Å². The molecule has 0 heterocycles. The van der Waals surface area contributed by atoms with Gasteiger partial charge in [0.05, 0.1) is 0 Å². The van der Waals surface area contributed by atoms with E-state index in [9.17, 15) is 25.8 Å². The van der Waals surface area contributed by atoms with Gasteiger partial charge in [0.2, 0.25) is 0 Å². The van der Waals surface area contributed by atoms with Crippen LogP contribution in [0.2, 0.25) is 0 Å². The molecule has 0 rings (SSSR count). The molecule has 0 saturated carbocycles. The van der Waals surface area contributed by atoms with Crippen molar-refractivity contribution >= 4 is 21.2 Å². The van der Waals surface area contributed by atoms with Gasteiger partial charge in [0, 0.05) is 13.6 Å². The maximum absolute atomic E-state index is 11.8. The van der Waals surface area contributed by atoms with Crippen molar-refractivity contribution in [2.75, 3.05) is 13.6 Å². The van der Waals surface area contributed by atoms with Gasteiger partial charge in [-0.05, 0) is 0 Å². The van der Waals surface area contributed by atoms with Crippen LogP contribution in [0.4, 0.5) is 13.2 Å². The van der Waals surface area contributed by atoms with Crippen LogP contribution in [-0.2, 0) is 21.2 Å². The van der Waals surface area contributed by atoms with Crippen molar-refractivity contribution in [3.05, 3.63) is 0 Å². The Bertz CT molecular complexity index is 312. The van der Waals surface area contributed by atoms with Crippen LogP contribution in [-0.4, -0.2) is 36.0 Å². The molecule has 0 fully saturated rings. The van der Waals surface area contributed by atoms with E-state index in [4.69, 9.17) is 0 Å². The summed E-state index contributed by atoms with van der Waals surface area (Å²) in [7, 11) is -4.33. The summed E-state index contributed by atoms with van der Waals surface area (Å²) in [5, 5.41) is 0. The third-order valence-electron chi connectivity index (χ3n) is 1.21. The average Bonchev–Trinajstić information content (AvgIpc) is 2.00. The van der Waals surface area contributed by atoms with Crippen molar-refractivity contribution in [2.45, 2.75) is 12.4 Å². The van der Waals surface area contributed by atoms with Crippen LogP contribution in [0.15, 0.2) is 0 Å². The fourth-order valence-electron chi connectivity index (χ4n) is 0.322. The third kappa shape index (κ3) is 3.52. The van der Waals surface area contributed by atoms with Gasteiger partial charge in [-0.15, -0.1) is 4.13 Å². The first-order valence-electron chi connectivity index (χ1n) is 3.33. The summed E-state index contributed by atoms with van der Waals surface area (Å²) in [4.78, 5) is 0. The highest BCUT2D eigenvalue weighted by atomic mass is 32.3. The summed E-state index contributed by atoms with van der Waals surface area (Å²) in [6.45, 7) is 1.66. The molecular weight excluding hydrogens is 245 g/mol. The van der Waals surface area contributed by atoms with Gasteiger partial charge in [0.25, 0.3) is 0 Å². The lowest BCUT2D eigenvalue weighted by atomic mass is 10.8. The molecule has 0 aliphatic heterocycles. The topological polar surface area (TPSA) is 66.5 Å². The Morgan fingerprint density at radius 2 is 1.86 bits per heavy atom. The zero-order valence-electron chi connectivity index (χ0n) is 7.33. The summed E-state index contributed by atoms with van der Waals surface area (Å²) in [6.07, 6.45) is 0. The van der Waals surface area contributed by atoms with E-state index in [1.807, 2.05) is 0 Å². The first-order chi connectivity index (χ1) is 6.12. The largest absolute Gasteiger partial charge is 0.512 e. The number of hydrogen-bond donors (Lipinski definition) is 1. The Kier molecular flexibility index (Phi) is 4.49. The third-order valence-corrected chi connectivity index (χ3v) is 4.10. The molecular formula is C4H9F3N2O3S2. The lowest BCUT2D eigenvalue weighted by Crippen LogP contribution is -2.42. The molecule has 86 valence electrons. The summed E-state index contributed by atoms with van der Waals surface area (Å²) in [5.74, 6) is 0. The SMILES string of the molecule is CCN(C)S(=O)NS(=O)(=O)C(F)(F)F. The number of alkyl halides is 3. The van der Waals surface area contributed by atoms with Gasteiger partial charge in [0.1, 0.15) is 0 Å². The van der Waals surface area contributed by atoms with E-state index in [0.29, 0.717) is 0 Å². The van der Waals surface area contributed by atoms with Crippen molar-refractivity contribution in [3.8, 4) is 0 Å². The highest BCUT2D eigenvalue weighted by molar-refractivity contribution is 8.01. The van der Waals surface area contributed by atoms with E-state index < -0.39 is 26.7 Å². The van der Waals surface area contributed by atoms with Gasteiger partial charge < -0.3 is 0 Å². The molecule has 10 heteroatoms. The van der Waals surface area contributed by atoms with Crippen LogP contribution in [0.25, 0.3) is 0 Å². The van der Waals surface area contributed by atoms with E-state index in [1.165, 1.54) is 14.0 Å². The summed E-state index contributed by atoms with van der Waals surface area (Å²) in [6, 6.07) is 0. The second-order valence-corrected chi connectivity index (χ2v) is 5.48. The van der Waals surface area contributed by atoms with Gasteiger partial charge in [0.15, 0.2) is 11.2 Å². The fraction of sp³-hybridized carbons (Fsp3) is 1.00. The Morgan fingerprint density at radius 1 is 1.43 bits per heavy atom. The zero-order valence-corrected chi connectivity index (χ0v) is 8.96. The van der Waals surface area contributed by atoms with Crippen molar-refractivity contribution < 1.29 is 25.8 Å². The quantitative estimate of drug-likeness (QED) is 0.765. The second-order valence-electron chi connectivity index (χ2n) is 2.23. The molecule has 1 unspecified atom stereocenters. The molecule has 14 heavy (non-hydrogen) atoms. The van der Waals surface area contributed by atoms with Crippen LogP contribution in [0.5, 0.6) is 0 Å².